The zero-order chi connectivity index (χ0) is 18.5. The van der Waals surface area contributed by atoms with E-state index < -0.39 is 10.0 Å². The van der Waals surface area contributed by atoms with Gasteiger partial charge in [-0.25, -0.2) is 17.7 Å². The highest BCUT2D eigenvalue weighted by Crippen LogP contribution is 2.35. The lowest BCUT2D eigenvalue weighted by atomic mass is 10.1. The Balaban J connectivity index is 1.86. The molecule has 6 heteroatoms. The van der Waals surface area contributed by atoms with Gasteiger partial charge in [0, 0.05) is 18.0 Å². The third kappa shape index (κ3) is 2.61. The van der Waals surface area contributed by atoms with E-state index in [9.17, 15) is 8.42 Å². The minimum Gasteiger partial charge on any atom is -0.497 e. The Kier molecular flexibility index (Phi) is 3.88. The number of aromatic nitrogens is 1. The van der Waals surface area contributed by atoms with Gasteiger partial charge in [0.15, 0.2) is 0 Å². The molecule has 0 unspecified atom stereocenters. The summed E-state index contributed by atoms with van der Waals surface area (Å²) in [6.45, 7) is 4.13. The predicted octanol–water partition coefficient (Wildman–Crippen LogP) is 3.61. The number of fused-ring (bicyclic) bond motifs is 2. The van der Waals surface area contributed by atoms with Gasteiger partial charge in [-0.1, -0.05) is 12.1 Å². The van der Waals surface area contributed by atoms with Crippen molar-refractivity contribution in [3.05, 3.63) is 59.2 Å². The Labute approximate surface area is 153 Å². The molecule has 1 aliphatic heterocycles. The maximum atomic E-state index is 13.3. The third-order valence-corrected chi connectivity index (χ3v) is 6.74. The molecular formula is C20H20N2O3S. The fourth-order valence-electron chi connectivity index (χ4n) is 3.37. The molecule has 4 rings (SSSR count). The smallest absolute Gasteiger partial charge is 0.265 e. The summed E-state index contributed by atoms with van der Waals surface area (Å²) >= 11 is 0. The zero-order valence-electron chi connectivity index (χ0n) is 15.0. The normalized spacial score (nSPS) is 13.9. The molecule has 0 spiro atoms. The first-order valence-electron chi connectivity index (χ1n) is 8.48. The van der Waals surface area contributed by atoms with Gasteiger partial charge in [0.1, 0.15) is 11.6 Å². The molecule has 0 fully saturated rings. The van der Waals surface area contributed by atoms with Gasteiger partial charge in [0.05, 0.1) is 17.5 Å². The summed E-state index contributed by atoms with van der Waals surface area (Å²) < 4.78 is 33.3. The Morgan fingerprint density at radius 2 is 1.88 bits per heavy atom. The van der Waals surface area contributed by atoms with Crippen LogP contribution >= 0.6 is 0 Å². The number of methoxy groups -OCH3 is 1. The molecule has 0 aliphatic carbocycles. The molecule has 1 aromatic heterocycles. The molecule has 5 nitrogen and oxygen atoms in total. The molecule has 2 aromatic carbocycles. The second kappa shape index (κ2) is 5.99. The van der Waals surface area contributed by atoms with Crippen LogP contribution in [0, 0.1) is 13.8 Å². The minimum absolute atomic E-state index is 0.345. The summed E-state index contributed by atoms with van der Waals surface area (Å²) in [5.74, 6) is 1.22. The van der Waals surface area contributed by atoms with Crippen molar-refractivity contribution < 1.29 is 13.2 Å². The van der Waals surface area contributed by atoms with Crippen LogP contribution in [0.4, 0.5) is 5.82 Å². The molecule has 0 amide bonds. The van der Waals surface area contributed by atoms with Crippen molar-refractivity contribution in [2.45, 2.75) is 25.2 Å². The number of pyridine rings is 1. The van der Waals surface area contributed by atoms with Crippen LogP contribution in [0.25, 0.3) is 10.9 Å². The number of hydrogen-bond donors (Lipinski definition) is 0. The van der Waals surface area contributed by atoms with Gasteiger partial charge in [0.2, 0.25) is 0 Å². The van der Waals surface area contributed by atoms with Crippen molar-refractivity contribution >= 4 is 26.7 Å². The average molecular weight is 368 g/mol. The van der Waals surface area contributed by atoms with Gasteiger partial charge >= 0.3 is 0 Å². The number of anilines is 1. The molecular weight excluding hydrogens is 348 g/mol. The molecule has 0 saturated heterocycles. The molecule has 0 atom stereocenters. The first-order chi connectivity index (χ1) is 12.4. The number of nitrogens with zero attached hydrogens (tertiary/aromatic N) is 2. The van der Waals surface area contributed by atoms with Crippen LogP contribution in [-0.2, 0) is 16.4 Å². The van der Waals surface area contributed by atoms with Crippen molar-refractivity contribution in [2.75, 3.05) is 18.0 Å². The zero-order valence-corrected chi connectivity index (χ0v) is 15.8. The van der Waals surface area contributed by atoms with Gasteiger partial charge in [-0.2, -0.15) is 0 Å². The largest absolute Gasteiger partial charge is 0.497 e. The predicted molar refractivity (Wildman–Crippen MR) is 102 cm³/mol. The first kappa shape index (κ1) is 16.8. The minimum atomic E-state index is -3.65. The van der Waals surface area contributed by atoms with Crippen molar-refractivity contribution in [3.63, 3.8) is 0 Å². The van der Waals surface area contributed by atoms with Crippen LogP contribution in [0.15, 0.2) is 47.4 Å². The molecule has 134 valence electrons. The summed E-state index contributed by atoms with van der Waals surface area (Å²) in [7, 11) is -2.05. The van der Waals surface area contributed by atoms with E-state index in [0.717, 1.165) is 27.6 Å². The van der Waals surface area contributed by atoms with Gasteiger partial charge in [-0.3, -0.25) is 0 Å². The molecule has 0 bridgehead atoms. The molecule has 26 heavy (non-hydrogen) atoms. The number of aryl methyl sites for hydroxylation is 2. The summed E-state index contributed by atoms with van der Waals surface area (Å²) in [5, 5.41) is 0.982. The van der Waals surface area contributed by atoms with E-state index in [4.69, 9.17) is 4.74 Å². The van der Waals surface area contributed by atoms with Gasteiger partial charge in [-0.15, -0.1) is 0 Å². The second-order valence-electron chi connectivity index (χ2n) is 6.63. The number of ether oxygens (including phenoxy) is 1. The first-order valence-corrected chi connectivity index (χ1v) is 9.92. The molecule has 2 heterocycles. The van der Waals surface area contributed by atoms with Crippen molar-refractivity contribution in [2.24, 2.45) is 0 Å². The molecule has 1 aliphatic rings. The van der Waals surface area contributed by atoms with Crippen molar-refractivity contribution in [1.82, 2.24) is 4.98 Å². The number of sulfonamides is 1. The van der Waals surface area contributed by atoms with Crippen LogP contribution in [0.2, 0.25) is 0 Å². The topological polar surface area (TPSA) is 59.5 Å². The van der Waals surface area contributed by atoms with Gasteiger partial charge < -0.3 is 4.74 Å². The Morgan fingerprint density at radius 3 is 2.65 bits per heavy atom. The van der Waals surface area contributed by atoms with Gasteiger partial charge in [-0.05, 0) is 61.2 Å². The van der Waals surface area contributed by atoms with Crippen LogP contribution in [-0.4, -0.2) is 27.1 Å². The lowest BCUT2D eigenvalue weighted by molar-refractivity contribution is 0.415. The van der Waals surface area contributed by atoms with Crippen LogP contribution in [0.3, 0.4) is 0 Å². The quantitative estimate of drug-likeness (QED) is 0.709. The Morgan fingerprint density at radius 1 is 1.08 bits per heavy atom. The summed E-state index contributed by atoms with van der Waals surface area (Å²) in [6, 6.07) is 13.2. The fraction of sp³-hybridized carbons (Fsp3) is 0.250. The third-order valence-electron chi connectivity index (χ3n) is 4.81. The maximum Gasteiger partial charge on any atom is 0.265 e. The molecule has 0 radical (unpaired) electrons. The molecule has 0 saturated carbocycles. The summed E-state index contributed by atoms with van der Waals surface area (Å²) in [4.78, 5) is 5.00. The van der Waals surface area contributed by atoms with E-state index in [0.29, 0.717) is 29.4 Å². The standard InChI is InChI=1S/C20H20N2O3S/c1-13-4-5-14(2)19(10-13)26(23,24)22-9-8-16-11-15-6-7-17(25-3)12-18(15)21-20(16)22/h4-7,10-12H,8-9H2,1-3H3. The number of hydrogen-bond acceptors (Lipinski definition) is 4. The van der Waals surface area contributed by atoms with Crippen LogP contribution < -0.4 is 9.04 Å². The Hall–Kier alpha value is -2.60. The van der Waals surface area contributed by atoms with E-state index in [1.165, 1.54) is 4.31 Å². The van der Waals surface area contributed by atoms with E-state index in [1.54, 1.807) is 13.2 Å². The summed E-state index contributed by atoms with van der Waals surface area (Å²) in [5.41, 5.74) is 3.35. The lowest BCUT2D eigenvalue weighted by Crippen LogP contribution is -2.30. The van der Waals surface area contributed by atoms with E-state index in [1.807, 2.05) is 50.2 Å². The maximum absolute atomic E-state index is 13.3. The molecule has 0 N–H and O–H groups in total. The highest BCUT2D eigenvalue weighted by molar-refractivity contribution is 7.92. The highest BCUT2D eigenvalue weighted by atomic mass is 32.2. The number of benzene rings is 2. The summed E-state index contributed by atoms with van der Waals surface area (Å²) in [6.07, 6.45) is 0.661. The SMILES string of the molecule is COc1ccc2cc3c(nc2c1)N(S(=O)(=O)c1cc(C)ccc1C)CC3. The van der Waals surface area contributed by atoms with Crippen molar-refractivity contribution in [3.8, 4) is 5.75 Å². The van der Waals surface area contributed by atoms with Gasteiger partial charge in [0.25, 0.3) is 10.0 Å². The van der Waals surface area contributed by atoms with Crippen LogP contribution in [0.1, 0.15) is 16.7 Å². The van der Waals surface area contributed by atoms with Crippen LogP contribution in [0.5, 0.6) is 5.75 Å². The van der Waals surface area contributed by atoms with Crippen molar-refractivity contribution in [1.29, 1.82) is 0 Å². The fourth-order valence-corrected chi connectivity index (χ4v) is 5.14. The Bertz CT molecular complexity index is 1120. The molecule has 3 aromatic rings. The second-order valence-corrected chi connectivity index (χ2v) is 8.46. The highest BCUT2D eigenvalue weighted by Gasteiger charge is 2.33. The van der Waals surface area contributed by atoms with E-state index >= 15 is 0 Å². The lowest BCUT2D eigenvalue weighted by Gasteiger charge is -2.20. The average Bonchev–Trinajstić information content (AvgIpc) is 3.04. The number of rotatable bonds is 3. The van der Waals surface area contributed by atoms with E-state index in [2.05, 4.69) is 4.98 Å². The monoisotopic (exact) mass is 368 g/mol. The van der Waals surface area contributed by atoms with E-state index in [-0.39, 0.29) is 0 Å².